The molecule has 0 rings (SSSR count). The monoisotopic (exact) mass is 284 g/mol. The molecule has 4 nitrogen and oxygen atoms in total. The molecule has 0 spiro atoms. The van der Waals surface area contributed by atoms with Gasteiger partial charge in [-0.3, -0.25) is 0 Å². The molecule has 0 saturated carbocycles. The third kappa shape index (κ3) is 47.9. The maximum atomic E-state index is 7.00. The summed E-state index contributed by atoms with van der Waals surface area (Å²) < 4.78 is 0. The number of nitrogens with two attached hydrogens (primary N) is 1. The van der Waals surface area contributed by atoms with E-state index < -0.39 is 0 Å². The van der Waals surface area contributed by atoms with E-state index in [9.17, 15) is 0 Å². The van der Waals surface area contributed by atoms with E-state index in [4.69, 9.17) is 15.9 Å². The zero-order valence-electron chi connectivity index (χ0n) is 11.8. The fourth-order valence-electron chi connectivity index (χ4n) is 0.998. The fraction of sp³-hybridized carbons (Fsp3) is 0.833. The van der Waals surface area contributed by atoms with Gasteiger partial charge in [0, 0.05) is 14.2 Å². The van der Waals surface area contributed by atoms with Gasteiger partial charge < -0.3 is 35.6 Å². The molecule has 0 atom stereocenters. The van der Waals surface area contributed by atoms with Crippen molar-refractivity contribution in [3.8, 4) is 0 Å². The molecule has 0 radical (unpaired) electrons. The van der Waals surface area contributed by atoms with Crippen molar-refractivity contribution in [3.05, 3.63) is 14.4 Å². The number of aliphatic hydroxyl groups excluding tert-OH is 2. The summed E-state index contributed by atoms with van der Waals surface area (Å²) in [4.78, 5) is 0. The van der Waals surface area contributed by atoms with Gasteiger partial charge in [0.2, 0.25) is 0 Å². The topological polar surface area (TPSA) is 78.5 Å². The second-order valence-corrected chi connectivity index (χ2v) is 2.81. The van der Waals surface area contributed by atoms with E-state index in [1.165, 1.54) is 25.7 Å². The Balaban J connectivity index is -0.0000000720. The zero-order chi connectivity index (χ0) is 12.4. The van der Waals surface area contributed by atoms with E-state index in [0.29, 0.717) is 0 Å². The summed E-state index contributed by atoms with van der Waals surface area (Å²) >= 11 is 0. The van der Waals surface area contributed by atoms with Crippen molar-refractivity contribution < 1.29 is 31.9 Å². The molecule has 0 saturated heterocycles. The Morgan fingerprint density at radius 3 is 1.82 bits per heavy atom. The second kappa shape index (κ2) is 43.9. The molecule has 0 aliphatic heterocycles. The van der Waals surface area contributed by atoms with Crippen LogP contribution in [0.4, 0.5) is 0 Å². The molecule has 0 aliphatic rings. The van der Waals surface area contributed by atoms with Gasteiger partial charge in [-0.25, -0.2) is 0 Å². The Kier molecular flexibility index (Phi) is 78.8. The quantitative estimate of drug-likeness (QED) is 0.304. The SMILES string of the molecule is CO.CO.[CH2-]CCNCCCCCCN.[CH3-].[Ti+2]. The molecular formula is C12H32N2O2Ti. The van der Waals surface area contributed by atoms with Crippen LogP contribution < -0.4 is 11.1 Å². The summed E-state index contributed by atoms with van der Waals surface area (Å²) in [6, 6.07) is 0. The molecule has 5 heteroatoms. The van der Waals surface area contributed by atoms with Crippen molar-refractivity contribution in [2.24, 2.45) is 5.73 Å². The van der Waals surface area contributed by atoms with E-state index in [0.717, 1.165) is 40.3 Å². The van der Waals surface area contributed by atoms with Crippen LogP contribution in [0.25, 0.3) is 0 Å². The first kappa shape index (κ1) is 30.5. The first-order chi connectivity index (χ1) is 7.41. The van der Waals surface area contributed by atoms with E-state index in [1.54, 1.807) is 0 Å². The molecule has 0 aromatic rings. The first-order valence-electron chi connectivity index (χ1n) is 5.51. The van der Waals surface area contributed by atoms with Gasteiger partial charge in [0.1, 0.15) is 0 Å². The third-order valence-electron chi connectivity index (χ3n) is 1.66. The molecule has 0 bridgehead atoms. The summed E-state index contributed by atoms with van der Waals surface area (Å²) in [5.74, 6) is 0. The molecule has 17 heavy (non-hydrogen) atoms. The molecule has 0 unspecified atom stereocenters. The predicted octanol–water partition coefficient (Wildman–Crippen LogP) is 0.984. The molecule has 0 aromatic carbocycles. The Labute approximate surface area is 123 Å². The number of aliphatic hydroxyl groups is 2. The van der Waals surface area contributed by atoms with Crippen LogP contribution in [0.15, 0.2) is 0 Å². The van der Waals surface area contributed by atoms with Crippen LogP contribution in [-0.4, -0.2) is 44.1 Å². The third-order valence-corrected chi connectivity index (χ3v) is 1.66. The standard InChI is InChI=1S/C9H21N2.2CH4O.CH3.Ti/c1-2-8-11-9-6-4-3-5-7-10;2*1-2;;/h11H,1-10H2;2*2H,1H3;1H3;/q-1;;;-1;+2. The molecule has 0 aliphatic carbocycles. The minimum atomic E-state index is 0. The van der Waals surface area contributed by atoms with Crippen molar-refractivity contribution in [1.82, 2.24) is 5.32 Å². The molecule has 0 amide bonds. The van der Waals surface area contributed by atoms with Crippen molar-refractivity contribution >= 4 is 0 Å². The number of hydrogen-bond acceptors (Lipinski definition) is 4. The largest absolute Gasteiger partial charge is 2.00 e. The summed E-state index contributed by atoms with van der Waals surface area (Å²) in [5.41, 5.74) is 5.37. The van der Waals surface area contributed by atoms with Crippen molar-refractivity contribution in [2.75, 3.05) is 33.9 Å². The van der Waals surface area contributed by atoms with E-state index >= 15 is 0 Å². The van der Waals surface area contributed by atoms with Gasteiger partial charge in [0.15, 0.2) is 0 Å². The van der Waals surface area contributed by atoms with Crippen molar-refractivity contribution in [3.63, 3.8) is 0 Å². The van der Waals surface area contributed by atoms with Crippen molar-refractivity contribution in [2.45, 2.75) is 32.1 Å². The minimum absolute atomic E-state index is 0. The summed E-state index contributed by atoms with van der Waals surface area (Å²) in [7, 11) is 2.00. The van der Waals surface area contributed by atoms with Gasteiger partial charge in [-0.15, -0.1) is 0 Å². The maximum absolute atomic E-state index is 7.00. The van der Waals surface area contributed by atoms with Crippen LogP contribution in [0.3, 0.4) is 0 Å². The Hall–Kier alpha value is 0.554. The number of nitrogens with one attached hydrogen (secondary N) is 1. The summed E-state index contributed by atoms with van der Waals surface area (Å²) in [6.07, 6.45) is 6.03. The van der Waals surface area contributed by atoms with E-state index in [2.05, 4.69) is 12.2 Å². The summed E-state index contributed by atoms with van der Waals surface area (Å²) in [5, 5.41) is 17.3. The molecule has 0 heterocycles. The van der Waals surface area contributed by atoms with Crippen LogP contribution in [0.5, 0.6) is 0 Å². The second-order valence-electron chi connectivity index (χ2n) is 2.81. The van der Waals surface area contributed by atoms with E-state index in [-0.39, 0.29) is 29.1 Å². The minimum Gasteiger partial charge on any atom is -0.400 e. The number of unbranched alkanes of at least 4 members (excludes halogenated alkanes) is 3. The van der Waals surface area contributed by atoms with E-state index in [1.807, 2.05) is 0 Å². The average Bonchev–Trinajstić information content (AvgIpc) is 2.33. The van der Waals surface area contributed by atoms with Crippen LogP contribution >= 0.6 is 0 Å². The van der Waals surface area contributed by atoms with Gasteiger partial charge in [-0.05, 0) is 32.5 Å². The van der Waals surface area contributed by atoms with Gasteiger partial charge >= 0.3 is 21.7 Å². The fourth-order valence-corrected chi connectivity index (χ4v) is 0.998. The summed E-state index contributed by atoms with van der Waals surface area (Å²) in [6.45, 7) is 6.78. The molecule has 0 fully saturated rings. The Morgan fingerprint density at radius 2 is 1.41 bits per heavy atom. The van der Waals surface area contributed by atoms with Gasteiger partial charge in [0.05, 0.1) is 0 Å². The molecule has 5 N–H and O–H groups in total. The van der Waals surface area contributed by atoms with Crippen molar-refractivity contribution in [1.29, 1.82) is 0 Å². The molecule has 0 aromatic heterocycles. The predicted molar refractivity (Wildman–Crippen MR) is 73.1 cm³/mol. The van der Waals surface area contributed by atoms with Crippen LogP contribution in [0.1, 0.15) is 32.1 Å². The van der Waals surface area contributed by atoms with Crippen LogP contribution in [0, 0.1) is 14.4 Å². The van der Waals surface area contributed by atoms with Gasteiger partial charge in [-0.2, -0.15) is 6.42 Å². The normalized spacial score (nSPS) is 7.41. The first-order valence-corrected chi connectivity index (χ1v) is 5.51. The maximum Gasteiger partial charge on any atom is 2.00 e. The number of rotatable bonds is 8. The average molecular weight is 284 g/mol. The van der Waals surface area contributed by atoms with Crippen LogP contribution in [-0.2, 0) is 21.7 Å². The van der Waals surface area contributed by atoms with Gasteiger partial charge in [0.25, 0.3) is 0 Å². The number of hydrogen-bond donors (Lipinski definition) is 4. The van der Waals surface area contributed by atoms with Gasteiger partial charge in [-0.1, -0.05) is 12.8 Å². The smallest absolute Gasteiger partial charge is 0.400 e. The van der Waals surface area contributed by atoms with Crippen LogP contribution in [0.2, 0.25) is 0 Å². The Morgan fingerprint density at radius 1 is 0.941 bits per heavy atom. The Bertz CT molecular complexity index is 71.5. The zero-order valence-corrected chi connectivity index (χ0v) is 13.4. The molecular weight excluding hydrogens is 252 g/mol. The molecule has 106 valence electrons.